The molecule has 6 heteroatoms. The van der Waals surface area contributed by atoms with Crippen molar-refractivity contribution in [2.24, 2.45) is 0 Å². The third-order valence-corrected chi connectivity index (χ3v) is 3.37. The van der Waals surface area contributed by atoms with Crippen LogP contribution in [0.3, 0.4) is 0 Å². The lowest BCUT2D eigenvalue weighted by atomic mass is 10.2. The van der Waals surface area contributed by atoms with Gasteiger partial charge in [0.1, 0.15) is 11.9 Å². The van der Waals surface area contributed by atoms with Crippen molar-refractivity contribution in [3.8, 4) is 5.75 Å². The summed E-state index contributed by atoms with van der Waals surface area (Å²) in [6.45, 7) is 4.80. The van der Waals surface area contributed by atoms with E-state index in [4.69, 9.17) is 13.9 Å². The fraction of sp³-hybridized carbons (Fsp3) is 0.500. The Morgan fingerprint density at radius 3 is 3.20 bits per heavy atom. The maximum Gasteiger partial charge on any atom is 0.157 e. The SMILES string of the molecule is CCn1cc(O[C@@H]2COC[C@@H]2NCc2ccco2)cn1. The minimum atomic E-state index is -0.000492. The van der Waals surface area contributed by atoms with Crippen molar-refractivity contribution in [1.82, 2.24) is 15.1 Å². The summed E-state index contributed by atoms with van der Waals surface area (Å²) < 4.78 is 18.6. The normalized spacial score (nSPS) is 22.2. The molecule has 6 nitrogen and oxygen atoms in total. The number of hydrogen-bond acceptors (Lipinski definition) is 5. The third kappa shape index (κ3) is 3.02. The summed E-state index contributed by atoms with van der Waals surface area (Å²) in [5, 5.41) is 7.61. The molecule has 108 valence electrons. The van der Waals surface area contributed by atoms with E-state index in [1.807, 2.05) is 29.9 Å². The standard InChI is InChI=1S/C14H19N3O3/c1-2-17-8-12(7-16-17)20-14-10-18-9-13(14)15-6-11-4-3-5-19-11/h3-5,7-8,13-15H,2,6,9-10H2,1H3/t13-,14+/m0/s1. The molecule has 2 aromatic rings. The van der Waals surface area contributed by atoms with Gasteiger partial charge in [-0.1, -0.05) is 0 Å². The van der Waals surface area contributed by atoms with Gasteiger partial charge in [0.05, 0.1) is 44.5 Å². The molecule has 1 saturated heterocycles. The van der Waals surface area contributed by atoms with E-state index in [1.54, 1.807) is 12.5 Å². The molecule has 0 bridgehead atoms. The summed E-state index contributed by atoms with van der Waals surface area (Å²) in [7, 11) is 0. The first-order valence-corrected chi connectivity index (χ1v) is 6.88. The van der Waals surface area contributed by atoms with Gasteiger partial charge in [-0.25, -0.2) is 0 Å². The Morgan fingerprint density at radius 2 is 2.45 bits per heavy atom. The summed E-state index contributed by atoms with van der Waals surface area (Å²) >= 11 is 0. The van der Waals surface area contributed by atoms with Crippen LogP contribution in [0.5, 0.6) is 5.75 Å². The Bertz CT molecular complexity index is 524. The smallest absolute Gasteiger partial charge is 0.157 e. The fourth-order valence-electron chi connectivity index (χ4n) is 2.24. The van der Waals surface area contributed by atoms with Gasteiger partial charge in [0.2, 0.25) is 0 Å². The number of aryl methyl sites for hydroxylation is 1. The van der Waals surface area contributed by atoms with Crippen LogP contribution in [-0.2, 0) is 17.8 Å². The average Bonchev–Trinajstić information content (AvgIpc) is 3.19. The topological polar surface area (TPSA) is 61.5 Å². The van der Waals surface area contributed by atoms with E-state index in [9.17, 15) is 0 Å². The molecule has 0 amide bonds. The van der Waals surface area contributed by atoms with Crippen LogP contribution in [0.25, 0.3) is 0 Å². The zero-order valence-corrected chi connectivity index (χ0v) is 11.5. The van der Waals surface area contributed by atoms with Crippen molar-refractivity contribution in [3.63, 3.8) is 0 Å². The van der Waals surface area contributed by atoms with Gasteiger partial charge in [0.25, 0.3) is 0 Å². The number of rotatable bonds is 6. The molecule has 0 saturated carbocycles. The van der Waals surface area contributed by atoms with E-state index < -0.39 is 0 Å². The predicted octanol–water partition coefficient (Wildman–Crippen LogP) is 1.43. The van der Waals surface area contributed by atoms with Gasteiger partial charge in [0, 0.05) is 6.54 Å². The van der Waals surface area contributed by atoms with Gasteiger partial charge in [-0.15, -0.1) is 0 Å². The molecule has 0 aliphatic carbocycles. The molecule has 1 N–H and O–H groups in total. The first-order chi connectivity index (χ1) is 9.85. The Kier molecular flexibility index (Phi) is 4.03. The molecule has 0 unspecified atom stereocenters. The molecular formula is C14H19N3O3. The molecule has 0 radical (unpaired) electrons. The maximum absolute atomic E-state index is 5.94. The molecule has 0 aromatic carbocycles. The number of nitrogens with zero attached hydrogens (tertiary/aromatic N) is 2. The number of furan rings is 1. The van der Waals surface area contributed by atoms with E-state index in [0.717, 1.165) is 18.1 Å². The molecule has 3 heterocycles. The molecule has 2 aromatic heterocycles. The van der Waals surface area contributed by atoms with Gasteiger partial charge >= 0.3 is 0 Å². The fourth-order valence-corrected chi connectivity index (χ4v) is 2.24. The van der Waals surface area contributed by atoms with Crippen molar-refractivity contribution in [2.75, 3.05) is 13.2 Å². The molecule has 1 aliphatic heterocycles. The van der Waals surface area contributed by atoms with E-state index in [-0.39, 0.29) is 12.1 Å². The van der Waals surface area contributed by atoms with E-state index in [2.05, 4.69) is 10.4 Å². The Labute approximate surface area is 117 Å². The number of ether oxygens (including phenoxy) is 2. The molecule has 1 fully saturated rings. The maximum atomic E-state index is 5.94. The highest BCUT2D eigenvalue weighted by Gasteiger charge is 2.30. The molecular weight excluding hydrogens is 258 g/mol. The number of aromatic nitrogens is 2. The van der Waals surface area contributed by atoms with Crippen molar-refractivity contribution in [2.45, 2.75) is 32.2 Å². The molecule has 3 rings (SSSR count). The zero-order valence-electron chi connectivity index (χ0n) is 11.5. The average molecular weight is 277 g/mol. The summed E-state index contributed by atoms with van der Waals surface area (Å²) in [5.74, 6) is 1.70. The van der Waals surface area contributed by atoms with Crippen LogP contribution in [0.15, 0.2) is 35.2 Å². The minimum absolute atomic E-state index is 0.000492. The highest BCUT2D eigenvalue weighted by Crippen LogP contribution is 2.17. The van der Waals surface area contributed by atoms with Crippen LogP contribution in [0.4, 0.5) is 0 Å². The third-order valence-electron chi connectivity index (χ3n) is 3.37. The Hall–Kier alpha value is -1.79. The van der Waals surface area contributed by atoms with Crippen LogP contribution in [-0.4, -0.2) is 35.1 Å². The highest BCUT2D eigenvalue weighted by molar-refractivity contribution is 5.13. The summed E-state index contributed by atoms with van der Waals surface area (Å²) in [6, 6.07) is 3.99. The predicted molar refractivity (Wildman–Crippen MR) is 72.5 cm³/mol. The molecule has 1 aliphatic rings. The van der Waals surface area contributed by atoms with E-state index in [1.165, 1.54) is 0 Å². The molecule has 2 atom stereocenters. The van der Waals surface area contributed by atoms with Crippen molar-refractivity contribution < 1.29 is 13.9 Å². The van der Waals surface area contributed by atoms with Gasteiger partial charge in [-0.3, -0.25) is 4.68 Å². The van der Waals surface area contributed by atoms with Crippen molar-refractivity contribution >= 4 is 0 Å². The summed E-state index contributed by atoms with van der Waals surface area (Å²) in [5.41, 5.74) is 0. The van der Waals surface area contributed by atoms with E-state index >= 15 is 0 Å². The van der Waals surface area contributed by atoms with Crippen molar-refractivity contribution in [1.29, 1.82) is 0 Å². The molecule has 0 spiro atoms. The van der Waals surface area contributed by atoms with Gasteiger partial charge in [-0.05, 0) is 19.1 Å². The van der Waals surface area contributed by atoms with Crippen LogP contribution in [0.1, 0.15) is 12.7 Å². The van der Waals surface area contributed by atoms with Crippen molar-refractivity contribution in [3.05, 3.63) is 36.5 Å². The first kappa shape index (κ1) is 13.2. The monoisotopic (exact) mass is 277 g/mol. The van der Waals surface area contributed by atoms with Crippen LogP contribution >= 0.6 is 0 Å². The second kappa shape index (κ2) is 6.11. The van der Waals surface area contributed by atoms with Crippen LogP contribution in [0, 0.1) is 0 Å². The lowest BCUT2D eigenvalue weighted by molar-refractivity contribution is 0.139. The van der Waals surface area contributed by atoms with E-state index in [0.29, 0.717) is 19.8 Å². The summed E-state index contributed by atoms with van der Waals surface area (Å²) in [6.07, 6.45) is 5.32. The number of hydrogen-bond donors (Lipinski definition) is 1. The van der Waals surface area contributed by atoms with Gasteiger partial charge in [-0.2, -0.15) is 5.10 Å². The van der Waals surface area contributed by atoms with Crippen LogP contribution in [0.2, 0.25) is 0 Å². The highest BCUT2D eigenvalue weighted by atomic mass is 16.5. The van der Waals surface area contributed by atoms with Crippen LogP contribution < -0.4 is 10.1 Å². The number of nitrogens with one attached hydrogen (secondary N) is 1. The lowest BCUT2D eigenvalue weighted by Gasteiger charge is -2.19. The molecule has 20 heavy (non-hydrogen) atoms. The second-order valence-corrected chi connectivity index (χ2v) is 4.79. The minimum Gasteiger partial charge on any atom is -0.483 e. The Balaban J connectivity index is 1.55. The first-order valence-electron chi connectivity index (χ1n) is 6.88. The van der Waals surface area contributed by atoms with Gasteiger partial charge < -0.3 is 19.2 Å². The largest absolute Gasteiger partial charge is 0.483 e. The summed E-state index contributed by atoms with van der Waals surface area (Å²) in [4.78, 5) is 0. The lowest BCUT2D eigenvalue weighted by Crippen LogP contribution is -2.41. The Morgan fingerprint density at radius 1 is 1.50 bits per heavy atom. The van der Waals surface area contributed by atoms with Gasteiger partial charge in [0.15, 0.2) is 5.75 Å². The second-order valence-electron chi connectivity index (χ2n) is 4.79. The quantitative estimate of drug-likeness (QED) is 0.865. The zero-order chi connectivity index (χ0) is 13.8.